The van der Waals surface area contributed by atoms with E-state index >= 15 is 0 Å². The first kappa shape index (κ1) is 15.3. The lowest BCUT2D eigenvalue weighted by Gasteiger charge is -2.24. The number of carbonyl (C=O) groups is 1. The van der Waals surface area contributed by atoms with Gasteiger partial charge in [-0.3, -0.25) is 4.79 Å². The van der Waals surface area contributed by atoms with Crippen molar-refractivity contribution >= 4 is 16.2 Å². The minimum atomic E-state index is -3.60. The fraction of sp³-hybridized carbons (Fsp3) is 0.889. The molecule has 0 fully saturated rings. The fourth-order valence-electron chi connectivity index (χ4n) is 1.14. The van der Waals surface area contributed by atoms with E-state index in [2.05, 4.69) is 4.72 Å². The molecule has 0 aromatic rings. The Morgan fingerprint density at radius 1 is 1.38 bits per heavy atom. The zero-order valence-corrected chi connectivity index (χ0v) is 11.0. The lowest BCUT2D eigenvalue weighted by molar-refractivity contribution is -0.143. The van der Waals surface area contributed by atoms with Crippen LogP contribution in [0.4, 0.5) is 0 Å². The van der Waals surface area contributed by atoms with Gasteiger partial charge in [-0.15, -0.1) is 0 Å². The topological polar surface area (TPSA) is 75.7 Å². The van der Waals surface area contributed by atoms with Gasteiger partial charge in [-0.2, -0.15) is 12.7 Å². The Morgan fingerprint density at radius 3 is 2.31 bits per heavy atom. The van der Waals surface area contributed by atoms with E-state index in [1.54, 1.807) is 27.7 Å². The SMILES string of the molecule is CCNS(=O)(=O)N(CC(=O)OCC)C(C)C. The summed E-state index contributed by atoms with van der Waals surface area (Å²) >= 11 is 0. The van der Waals surface area contributed by atoms with Crippen LogP contribution in [-0.2, 0) is 19.7 Å². The van der Waals surface area contributed by atoms with Crippen molar-refractivity contribution in [3.05, 3.63) is 0 Å². The molecule has 0 radical (unpaired) electrons. The van der Waals surface area contributed by atoms with Gasteiger partial charge in [-0.1, -0.05) is 6.92 Å². The highest BCUT2D eigenvalue weighted by molar-refractivity contribution is 7.87. The van der Waals surface area contributed by atoms with Gasteiger partial charge in [0.15, 0.2) is 0 Å². The maximum absolute atomic E-state index is 11.7. The first-order valence-electron chi connectivity index (χ1n) is 5.27. The first-order chi connectivity index (χ1) is 7.35. The van der Waals surface area contributed by atoms with E-state index in [-0.39, 0.29) is 25.7 Å². The number of hydrogen-bond donors (Lipinski definition) is 1. The third-order valence-corrected chi connectivity index (χ3v) is 3.62. The van der Waals surface area contributed by atoms with Crippen LogP contribution < -0.4 is 4.72 Å². The summed E-state index contributed by atoms with van der Waals surface area (Å²) in [4.78, 5) is 11.3. The van der Waals surface area contributed by atoms with Crippen LogP contribution in [0.25, 0.3) is 0 Å². The van der Waals surface area contributed by atoms with Gasteiger partial charge >= 0.3 is 5.97 Å². The minimum Gasteiger partial charge on any atom is -0.465 e. The molecule has 0 aliphatic heterocycles. The lowest BCUT2D eigenvalue weighted by atomic mass is 10.4. The lowest BCUT2D eigenvalue weighted by Crippen LogP contribution is -2.47. The Morgan fingerprint density at radius 2 is 1.94 bits per heavy atom. The molecule has 0 saturated carbocycles. The molecule has 0 aromatic heterocycles. The van der Waals surface area contributed by atoms with Gasteiger partial charge in [0.25, 0.3) is 10.2 Å². The minimum absolute atomic E-state index is 0.242. The van der Waals surface area contributed by atoms with Crippen molar-refractivity contribution in [2.45, 2.75) is 33.7 Å². The molecule has 96 valence electrons. The maximum Gasteiger partial charge on any atom is 0.321 e. The summed E-state index contributed by atoms with van der Waals surface area (Å²) in [5.74, 6) is -0.544. The molecule has 0 rings (SSSR count). The van der Waals surface area contributed by atoms with Crippen molar-refractivity contribution in [2.24, 2.45) is 0 Å². The Kier molecular flexibility index (Phi) is 6.54. The highest BCUT2D eigenvalue weighted by Gasteiger charge is 2.26. The van der Waals surface area contributed by atoms with Gasteiger partial charge in [0.2, 0.25) is 0 Å². The van der Waals surface area contributed by atoms with E-state index in [0.29, 0.717) is 0 Å². The second-order valence-electron chi connectivity index (χ2n) is 3.45. The molecule has 0 heterocycles. The smallest absolute Gasteiger partial charge is 0.321 e. The van der Waals surface area contributed by atoms with Crippen molar-refractivity contribution in [2.75, 3.05) is 19.7 Å². The summed E-state index contributed by atoms with van der Waals surface area (Å²) in [7, 11) is -3.60. The van der Waals surface area contributed by atoms with Crippen LogP contribution in [0.5, 0.6) is 0 Å². The van der Waals surface area contributed by atoms with Crippen LogP contribution in [0, 0.1) is 0 Å². The quantitative estimate of drug-likeness (QED) is 0.653. The van der Waals surface area contributed by atoms with Crippen molar-refractivity contribution in [1.82, 2.24) is 9.03 Å². The number of carbonyl (C=O) groups excluding carboxylic acids is 1. The second-order valence-corrected chi connectivity index (χ2v) is 5.15. The molecular weight excluding hydrogens is 232 g/mol. The van der Waals surface area contributed by atoms with Gasteiger partial charge < -0.3 is 4.74 Å². The molecule has 0 unspecified atom stereocenters. The first-order valence-corrected chi connectivity index (χ1v) is 6.71. The summed E-state index contributed by atoms with van der Waals surface area (Å²) in [6.45, 7) is 7.03. The van der Waals surface area contributed by atoms with Gasteiger partial charge in [0.1, 0.15) is 6.54 Å². The van der Waals surface area contributed by atoms with Gasteiger partial charge in [-0.25, -0.2) is 4.72 Å². The van der Waals surface area contributed by atoms with Crippen LogP contribution in [0.1, 0.15) is 27.7 Å². The molecular formula is C9H20N2O4S. The summed E-state index contributed by atoms with van der Waals surface area (Å²) in [6.07, 6.45) is 0. The van der Waals surface area contributed by atoms with Crippen LogP contribution >= 0.6 is 0 Å². The normalized spacial score (nSPS) is 12.1. The van der Waals surface area contributed by atoms with Crippen LogP contribution in [0.15, 0.2) is 0 Å². The van der Waals surface area contributed by atoms with Gasteiger partial charge in [0.05, 0.1) is 6.61 Å². The molecule has 6 nitrogen and oxygen atoms in total. The zero-order chi connectivity index (χ0) is 12.8. The fourth-order valence-corrected chi connectivity index (χ4v) is 2.51. The molecule has 0 aliphatic carbocycles. The number of rotatable bonds is 7. The van der Waals surface area contributed by atoms with Crippen LogP contribution in [-0.4, -0.2) is 44.4 Å². The predicted octanol–water partition coefficient (Wildman–Crippen LogP) is 0.114. The Labute approximate surface area is 97.1 Å². The summed E-state index contributed by atoms with van der Waals surface area (Å²) in [5.41, 5.74) is 0. The highest BCUT2D eigenvalue weighted by Crippen LogP contribution is 2.05. The largest absolute Gasteiger partial charge is 0.465 e. The maximum atomic E-state index is 11.7. The summed E-state index contributed by atoms with van der Waals surface area (Å²) in [5, 5.41) is 0. The van der Waals surface area contributed by atoms with E-state index in [0.717, 1.165) is 4.31 Å². The van der Waals surface area contributed by atoms with Gasteiger partial charge in [-0.05, 0) is 20.8 Å². The van der Waals surface area contributed by atoms with Crippen molar-refractivity contribution < 1.29 is 17.9 Å². The molecule has 0 aromatic carbocycles. The Hall–Kier alpha value is -0.660. The van der Waals surface area contributed by atoms with E-state index < -0.39 is 16.2 Å². The van der Waals surface area contributed by atoms with Gasteiger partial charge in [0, 0.05) is 12.6 Å². The summed E-state index contributed by atoms with van der Waals surface area (Å²) in [6, 6.07) is -0.298. The molecule has 7 heteroatoms. The van der Waals surface area contributed by atoms with Crippen LogP contribution in [0.3, 0.4) is 0 Å². The van der Waals surface area contributed by atoms with E-state index in [1.807, 2.05) is 0 Å². The molecule has 0 aliphatic rings. The third kappa shape index (κ3) is 4.91. The molecule has 0 spiro atoms. The van der Waals surface area contributed by atoms with E-state index in [1.165, 1.54) is 0 Å². The molecule has 0 bridgehead atoms. The van der Waals surface area contributed by atoms with Crippen molar-refractivity contribution in [1.29, 1.82) is 0 Å². The molecule has 0 amide bonds. The standard InChI is InChI=1S/C9H20N2O4S/c1-5-10-16(13,14)11(8(3)4)7-9(12)15-6-2/h8,10H,5-7H2,1-4H3. The molecule has 0 saturated heterocycles. The number of nitrogens with one attached hydrogen (secondary N) is 1. The number of esters is 1. The Balaban J connectivity index is 4.69. The third-order valence-electron chi connectivity index (χ3n) is 1.80. The second kappa shape index (κ2) is 6.82. The Bertz CT molecular complexity index is 313. The zero-order valence-electron chi connectivity index (χ0n) is 10.2. The monoisotopic (exact) mass is 252 g/mol. The van der Waals surface area contributed by atoms with E-state index in [4.69, 9.17) is 4.74 Å². The van der Waals surface area contributed by atoms with E-state index in [9.17, 15) is 13.2 Å². The van der Waals surface area contributed by atoms with Crippen molar-refractivity contribution in [3.8, 4) is 0 Å². The average molecular weight is 252 g/mol. The summed E-state index contributed by atoms with van der Waals surface area (Å²) < 4.78 is 31.6. The number of hydrogen-bond acceptors (Lipinski definition) is 4. The number of ether oxygens (including phenoxy) is 1. The number of nitrogens with zero attached hydrogens (tertiary/aromatic N) is 1. The highest BCUT2D eigenvalue weighted by atomic mass is 32.2. The molecule has 0 atom stereocenters. The molecule has 16 heavy (non-hydrogen) atoms. The molecule has 1 N–H and O–H groups in total. The average Bonchev–Trinajstić information content (AvgIpc) is 2.13. The van der Waals surface area contributed by atoms with Crippen molar-refractivity contribution in [3.63, 3.8) is 0 Å². The van der Waals surface area contributed by atoms with Crippen LogP contribution in [0.2, 0.25) is 0 Å². The predicted molar refractivity (Wildman–Crippen MR) is 61.1 cm³/mol.